The number of rotatable bonds is 4. The van der Waals surface area contributed by atoms with E-state index in [2.05, 4.69) is 17.3 Å². The zero-order valence-electron chi connectivity index (χ0n) is 7.71. The van der Waals surface area contributed by atoms with Crippen molar-refractivity contribution in [2.75, 3.05) is 0 Å². The van der Waals surface area contributed by atoms with Crippen molar-refractivity contribution in [2.45, 2.75) is 39.2 Å². The average Bonchev–Trinajstić information content (AvgIpc) is 2.48. The van der Waals surface area contributed by atoms with Crippen LogP contribution in [-0.2, 0) is 12.8 Å². The second-order valence-corrected chi connectivity index (χ2v) is 4.04. The lowest BCUT2D eigenvalue weighted by atomic mass is 10.2. The van der Waals surface area contributed by atoms with Gasteiger partial charge in [0.05, 0.1) is 10.7 Å². The minimum Gasteiger partial charge on any atom is -0.328 e. The monoisotopic (exact) mass is 184 g/mol. The Morgan fingerprint density at radius 2 is 2.42 bits per heavy atom. The number of aromatic nitrogens is 1. The summed E-state index contributed by atoms with van der Waals surface area (Å²) >= 11 is 1.75. The second kappa shape index (κ2) is 4.58. The number of hydrogen-bond acceptors (Lipinski definition) is 3. The highest BCUT2D eigenvalue weighted by Gasteiger charge is 2.01. The third-order valence-electron chi connectivity index (χ3n) is 1.76. The first-order valence-corrected chi connectivity index (χ1v) is 5.29. The van der Waals surface area contributed by atoms with Crippen LogP contribution in [-0.4, -0.2) is 11.0 Å². The maximum absolute atomic E-state index is 5.66. The van der Waals surface area contributed by atoms with Crippen LogP contribution in [0, 0.1) is 0 Å². The predicted octanol–water partition coefficient (Wildman–Crippen LogP) is 1.99. The third-order valence-corrected chi connectivity index (χ3v) is 2.80. The Kier molecular flexibility index (Phi) is 3.69. The molecule has 12 heavy (non-hydrogen) atoms. The molecule has 1 aromatic rings. The van der Waals surface area contributed by atoms with E-state index in [0.29, 0.717) is 0 Å². The van der Waals surface area contributed by atoms with E-state index in [1.807, 2.05) is 6.92 Å². The van der Waals surface area contributed by atoms with Gasteiger partial charge in [-0.2, -0.15) is 0 Å². The number of thiazole rings is 1. The molecule has 0 saturated heterocycles. The fourth-order valence-electron chi connectivity index (χ4n) is 1.00. The summed E-state index contributed by atoms with van der Waals surface area (Å²) in [6.45, 7) is 4.17. The molecule has 0 bridgehead atoms. The van der Waals surface area contributed by atoms with E-state index in [1.165, 1.54) is 10.7 Å². The lowest BCUT2D eigenvalue weighted by Gasteiger charge is -2.00. The first kappa shape index (κ1) is 9.68. The summed E-state index contributed by atoms with van der Waals surface area (Å²) in [5, 5.41) is 3.37. The molecule has 3 heteroatoms. The van der Waals surface area contributed by atoms with Crippen LogP contribution in [0.1, 0.15) is 31.0 Å². The molecule has 0 fully saturated rings. The molecular weight excluding hydrogens is 168 g/mol. The summed E-state index contributed by atoms with van der Waals surface area (Å²) in [5.41, 5.74) is 6.86. The Labute approximate surface area is 77.8 Å². The molecule has 0 aromatic carbocycles. The zero-order chi connectivity index (χ0) is 8.97. The summed E-state index contributed by atoms with van der Waals surface area (Å²) in [4.78, 5) is 4.46. The van der Waals surface area contributed by atoms with Crippen LogP contribution < -0.4 is 5.73 Å². The third kappa shape index (κ3) is 2.91. The van der Waals surface area contributed by atoms with E-state index in [-0.39, 0.29) is 6.04 Å². The number of aryl methyl sites for hydroxylation is 2. The molecule has 1 heterocycles. The standard InChI is InChI=1S/C9H16N2S/c1-3-9-11-8(6-12-9)5-4-7(2)10/h6-7H,3-5,10H2,1-2H3. The van der Waals surface area contributed by atoms with Gasteiger partial charge in [0.2, 0.25) is 0 Å². The SMILES string of the molecule is CCc1nc(CCC(C)N)cs1. The van der Waals surface area contributed by atoms with Crippen LogP contribution in [0.5, 0.6) is 0 Å². The van der Waals surface area contributed by atoms with E-state index in [4.69, 9.17) is 5.73 Å². The molecule has 0 amide bonds. The van der Waals surface area contributed by atoms with Crippen LogP contribution >= 0.6 is 11.3 Å². The molecule has 1 unspecified atom stereocenters. The van der Waals surface area contributed by atoms with Crippen molar-refractivity contribution in [2.24, 2.45) is 5.73 Å². The van der Waals surface area contributed by atoms with Crippen molar-refractivity contribution in [3.05, 3.63) is 16.1 Å². The molecule has 0 saturated carbocycles. The van der Waals surface area contributed by atoms with Gasteiger partial charge in [-0.05, 0) is 26.2 Å². The maximum Gasteiger partial charge on any atom is 0.0925 e. The number of nitrogens with zero attached hydrogens (tertiary/aromatic N) is 1. The first-order chi connectivity index (χ1) is 5.72. The fourth-order valence-corrected chi connectivity index (χ4v) is 1.78. The Morgan fingerprint density at radius 1 is 1.67 bits per heavy atom. The van der Waals surface area contributed by atoms with E-state index in [0.717, 1.165) is 19.3 Å². The Hall–Kier alpha value is -0.410. The molecule has 0 spiro atoms. The van der Waals surface area contributed by atoms with E-state index < -0.39 is 0 Å². The lowest BCUT2D eigenvalue weighted by Crippen LogP contribution is -2.15. The van der Waals surface area contributed by atoms with E-state index in [9.17, 15) is 0 Å². The van der Waals surface area contributed by atoms with Crippen molar-refractivity contribution >= 4 is 11.3 Å². The molecule has 68 valence electrons. The Balaban J connectivity index is 2.41. The highest BCUT2D eigenvalue weighted by atomic mass is 32.1. The van der Waals surface area contributed by atoms with Gasteiger partial charge in [0.1, 0.15) is 0 Å². The Morgan fingerprint density at radius 3 is 2.92 bits per heavy atom. The largest absolute Gasteiger partial charge is 0.328 e. The molecule has 0 aliphatic heterocycles. The minimum absolute atomic E-state index is 0.289. The average molecular weight is 184 g/mol. The van der Waals surface area contributed by atoms with Gasteiger partial charge in [0.15, 0.2) is 0 Å². The van der Waals surface area contributed by atoms with Crippen LogP contribution in [0.4, 0.5) is 0 Å². The van der Waals surface area contributed by atoms with Gasteiger partial charge in [-0.1, -0.05) is 6.92 Å². The fraction of sp³-hybridized carbons (Fsp3) is 0.667. The lowest BCUT2D eigenvalue weighted by molar-refractivity contribution is 0.659. The number of nitrogens with two attached hydrogens (primary N) is 1. The van der Waals surface area contributed by atoms with Crippen molar-refractivity contribution in [3.8, 4) is 0 Å². The molecule has 2 N–H and O–H groups in total. The van der Waals surface area contributed by atoms with Gasteiger partial charge in [0, 0.05) is 11.4 Å². The highest BCUT2D eigenvalue weighted by molar-refractivity contribution is 7.09. The molecule has 0 radical (unpaired) electrons. The minimum atomic E-state index is 0.289. The van der Waals surface area contributed by atoms with Crippen LogP contribution in [0.25, 0.3) is 0 Å². The maximum atomic E-state index is 5.66. The normalized spacial score (nSPS) is 13.2. The summed E-state index contributed by atoms with van der Waals surface area (Å²) < 4.78 is 0. The molecule has 1 aromatic heterocycles. The molecule has 1 atom stereocenters. The van der Waals surface area contributed by atoms with Crippen molar-refractivity contribution in [1.82, 2.24) is 4.98 Å². The van der Waals surface area contributed by atoms with Gasteiger partial charge in [0.25, 0.3) is 0 Å². The highest BCUT2D eigenvalue weighted by Crippen LogP contribution is 2.11. The summed E-state index contributed by atoms with van der Waals surface area (Å²) in [7, 11) is 0. The predicted molar refractivity (Wildman–Crippen MR) is 53.5 cm³/mol. The topological polar surface area (TPSA) is 38.9 Å². The van der Waals surface area contributed by atoms with Crippen molar-refractivity contribution in [3.63, 3.8) is 0 Å². The zero-order valence-corrected chi connectivity index (χ0v) is 8.53. The van der Waals surface area contributed by atoms with E-state index >= 15 is 0 Å². The summed E-state index contributed by atoms with van der Waals surface area (Å²) in [5.74, 6) is 0. The van der Waals surface area contributed by atoms with Gasteiger partial charge in [-0.3, -0.25) is 0 Å². The second-order valence-electron chi connectivity index (χ2n) is 3.10. The number of hydrogen-bond donors (Lipinski definition) is 1. The summed E-state index contributed by atoms with van der Waals surface area (Å²) in [6, 6.07) is 0.289. The summed E-state index contributed by atoms with van der Waals surface area (Å²) in [6.07, 6.45) is 3.10. The van der Waals surface area contributed by atoms with Crippen molar-refractivity contribution < 1.29 is 0 Å². The smallest absolute Gasteiger partial charge is 0.0925 e. The quantitative estimate of drug-likeness (QED) is 0.777. The van der Waals surface area contributed by atoms with Gasteiger partial charge in [-0.15, -0.1) is 11.3 Å². The Bertz CT molecular complexity index is 230. The van der Waals surface area contributed by atoms with Crippen LogP contribution in [0.3, 0.4) is 0 Å². The molecule has 0 aliphatic carbocycles. The van der Waals surface area contributed by atoms with Crippen molar-refractivity contribution in [1.29, 1.82) is 0 Å². The molecule has 1 rings (SSSR count). The van der Waals surface area contributed by atoms with E-state index in [1.54, 1.807) is 11.3 Å². The van der Waals surface area contributed by atoms with Gasteiger partial charge in [-0.25, -0.2) is 4.98 Å². The molecule has 0 aliphatic rings. The van der Waals surface area contributed by atoms with Crippen LogP contribution in [0.2, 0.25) is 0 Å². The first-order valence-electron chi connectivity index (χ1n) is 4.41. The van der Waals surface area contributed by atoms with Gasteiger partial charge < -0.3 is 5.73 Å². The van der Waals surface area contributed by atoms with Gasteiger partial charge >= 0.3 is 0 Å². The van der Waals surface area contributed by atoms with Crippen LogP contribution in [0.15, 0.2) is 5.38 Å². The molecular formula is C9H16N2S. The molecule has 2 nitrogen and oxygen atoms in total.